The van der Waals surface area contributed by atoms with E-state index in [-0.39, 0.29) is 23.8 Å². The molecule has 0 aliphatic heterocycles. The minimum atomic E-state index is -3.69. The van der Waals surface area contributed by atoms with Gasteiger partial charge in [-0.25, -0.2) is 23.0 Å². The molecular formula is C13H19FN4O3S. The first-order chi connectivity index (χ1) is 10.3. The lowest BCUT2D eigenvalue weighted by Crippen LogP contribution is -2.26. The SMILES string of the molecule is CN(C)/C=N/NC(=O)CCCNS(=O)(=O)c1ccc(F)cc1. The molecule has 0 aliphatic rings. The third-order valence-electron chi connectivity index (χ3n) is 2.47. The van der Waals surface area contributed by atoms with Crippen molar-refractivity contribution in [3.63, 3.8) is 0 Å². The lowest BCUT2D eigenvalue weighted by atomic mass is 10.3. The smallest absolute Gasteiger partial charge is 0.240 e. The minimum absolute atomic E-state index is 0.0195. The van der Waals surface area contributed by atoms with E-state index in [0.717, 1.165) is 12.1 Å². The predicted molar refractivity (Wildman–Crippen MR) is 81.1 cm³/mol. The Bertz CT molecular complexity index is 615. The summed E-state index contributed by atoms with van der Waals surface area (Å²) in [4.78, 5) is 13.0. The quantitative estimate of drug-likeness (QED) is 0.314. The number of carbonyl (C=O) groups excluding carboxylic acids is 1. The van der Waals surface area contributed by atoms with Crippen molar-refractivity contribution in [2.75, 3.05) is 20.6 Å². The van der Waals surface area contributed by atoms with E-state index in [2.05, 4.69) is 15.2 Å². The van der Waals surface area contributed by atoms with Gasteiger partial charge in [-0.1, -0.05) is 0 Å². The van der Waals surface area contributed by atoms with E-state index in [0.29, 0.717) is 6.42 Å². The van der Waals surface area contributed by atoms with Crippen LogP contribution >= 0.6 is 0 Å². The van der Waals surface area contributed by atoms with Crippen molar-refractivity contribution in [1.29, 1.82) is 0 Å². The third-order valence-corrected chi connectivity index (χ3v) is 3.95. The number of hydrazone groups is 1. The first-order valence-electron chi connectivity index (χ1n) is 6.55. The Balaban J connectivity index is 2.34. The summed E-state index contributed by atoms with van der Waals surface area (Å²) in [7, 11) is -0.160. The molecule has 0 bridgehead atoms. The van der Waals surface area contributed by atoms with Gasteiger partial charge in [0.05, 0.1) is 4.90 Å². The van der Waals surface area contributed by atoms with Gasteiger partial charge in [0.1, 0.15) is 12.2 Å². The van der Waals surface area contributed by atoms with E-state index in [9.17, 15) is 17.6 Å². The highest BCUT2D eigenvalue weighted by Gasteiger charge is 2.13. The van der Waals surface area contributed by atoms with Crippen LogP contribution in [0.2, 0.25) is 0 Å². The van der Waals surface area contributed by atoms with Gasteiger partial charge in [0.15, 0.2) is 0 Å². The van der Waals surface area contributed by atoms with Crippen molar-refractivity contribution in [1.82, 2.24) is 15.0 Å². The first kappa shape index (κ1) is 18.1. The molecule has 7 nitrogen and oxygen atoms in total. The Morgan fingerprint density at radius 2 is 1.95 bits per heavy atom. The number of carbonyl (C=O) groups is 1. The number of nitrogens with zero attached hydrogens (tertiary/aromatic N) is 2. The molecule has 2 N–H and O–H groups in total. The lowest BCUT2D eigenvalue weighted by molar-refractivity contribution is -0.121. The molecule has 0 radical (unpaired) electrons. The molecule has 1 aromatic rings. The second-order valence-corrected chi connectivity index (χ2v) is 6.47. The lowest BCUT2D eigenvalue weighted by Gasteiger charge is -2.06. The highest BCUT2D eigenvalue weighted by Crippen LogP contribution is 2.09. The van der Waals surface area contributed by atoms with Gasteiger partial charge in [-0.3, -0.25) is 4.79 Å². The number of nitrogens with one attached hydrogen (secondary N) is 2. The highest BCUT2D eigenvalue weighted by atomic mass is 32.2. The molecule has 0 heterocycles. The molecule has 0 aliphatic carbocycles. The Hall–Kier alpha value is -2.00. The normalized spacial score (nSPS) is 11.6. The minimum Gasteiger partial charge on any atom is -0.367 e. The zero-order valence-electron chi connectivity index (χ0n) is 12.4. The van der Waals surface area contributed by atoms with Crippen molar-refractivity contribution in [2.24, 2.45) is 5.10 Å². The molecule has 1 amide bonds. The maximum Gasteiger partial charge on any atom is 0.240 e. The van der Waals surface area contributed by atoms with Gasteiger partial charge in [-0.05, 0) is 30.7 Å². The van der Waals surface area contributed by atoms with Gasteiger partial charge in [-0.2, -0.15) is 5.10 Å². The van der Waals surface area contributed by atoms with E-state index in [1.807, 2.05) is 0 Å². The average Bonchev–Trinajstić information content (AvgIpc) is 2.44. The Labute approximate surface area is 129 Å². The first-order valence-corrected chi connectivity index (χ1v) is 8.03. The molecule has 0 spiro atoms. The van der Waals surface area contributed by atoms with Gasteiger partial charge in [0.2, 0.25) is 15.9 Å². The van der Waals surface area contributed by atoms with Gasteiger partial charge in [0.25, 0.3) is 0 Å². The zero-order chi connectivity index (χ0) is 16.6. The summed E-state index contributed by atoms with van der Waals surface area (Å²) in [6.07, 6.45) is 1.90. The number of hydrogen-bond donors (Lipinski definition) is 2. The van der Waals surface area contributed by atoms with Crippen molar-refractivity contribution in [3.05, 3.63) is 30.1 Å². The molecule has 0 saturated carbocycles. The predicted octanol–water partition coefficient (Wildman–Crippen LogP) is 0.505. The highest BCUT2D eigenvalue weighted by molar-refractivity contribution is 7.89. The van der Waals surface area contributed by atoms with E-state index in [4.69, 9.17) is 0 Å². The number of sulfonamides is 1. The van der Waals surface area contributed by atoms with Gasteiger partial charge >= 0.3 is 0 Å². The monoisotopic (exact) mass is 330 g/mol. The summed E-state index contributed by atoms with van der Waals surface area (Å²) in [5.74, 6) is -0.812. The fraction of sp³-hybridized carbons (Fsp3) is 0.385. The summed E-state index contributed by atoms with van der Waals surface area (Å²) < 4.78 is 38.8. The molecule has 1 aromatic carbocycles. The zero-order valence-corrected chi connectivity index (χ0v) is 13.2. The van der Waals surface area contributed by atoms with Crippen LogP contribution in [0, 0.1) is 5.82 Å². The van der Waals surface area contributed by atoms with E-state index in [1.165, 1.54) is 18.5 Å². The van der Waals surface area contributed by atoms with Crippen molar-refractivity contribution >= 4 is 22.3 Å². The van der Waals surface area contributed by atoms with Crippen LogP contribution in [0.25, 0.3) is 0 Å². The van der Waals surface area contributed by atoms with Crippen molar-refractivity contribution < 1.29 is 17.6 Å². The number of hydrogen-bond acceptors (Lipinski definition) is 4. The van der Waals surface area contributed by atoms with Crippen LogP contribution in [-0.2, 0) is 14.8 Å². The third kappa shape index (κ3) is 6.64. The largest absolute Gasteiger partial charge is 0.367 e. The van der Waals surface area contributed by atoms with E-state index >= 15 is 0 Å². The number of benzene rings is 1. The summed E-state index contributed by atoms with van der Waals surface area (Å²) >= 11 is 0. The second kappa shape index (κ2) is 8.44. The Kier molecular flexibility index (Phi) is 6.93. The topological polar surface area (TPSA) is 90.9 Å². The molecular weight excluding hydrogens is 311 g/mol. The molecule has 0 fully saturated rings. The van der Waals surface area contributed by atoms with Crippen LogP contribution in [0.3, 0.4) is 0 Å². The van der Waals surface area contributed by atoms with Gasteiger partial charge in [0, 0.05) is 27.1 Å². The molecule has 0 unspecified atom stereocenters. The molecule has 0 aromatic heterocycles. The molecule has 22 heavy (non-hydrogen) atoms. The van der Waals surface area contributed by atoms with Crippen LogP contribution in [0.1, 0.15) is 12.8 Å². The Morgan fingerprint density at radius 1 is 1.32 bits per heavy atom. The maximum atomic E-state index is 12.7. The van der Waals surface area contributed by atoms with Gasteiger partial charge in [-0.15, -0.1) is 0 Å². The number of rotatable bonds is 8. The summed E-state index contributed by atoms with van der Waals surface area (Å²) in [6, 6.07) is 4.51. The number of halogens is 1. The fourth-order valence-electron chi connectivity index (χ4n) is 1.42. The summed E-state index contributed by atoms with van der Waals surface area (Å²) in [5.41, 5.74) is 2.32. The van der Waals surface area contributed by atoms with E-state index < -0.39 is 15.8 Å². The second-order valence-electron chi connectivity index (χ2n) is 4.70. The Morgan fingerprint density at radius 3 is 2.55 bits per heavy atom. The fourth-order valence-corrected chi connectivity index (χ4v) is 2.50. The molecule has 122 valence electrons. The van der Waals surface area contributed by atoms with Crippen LogP contribution in [0.15, 0.2) is 34.3 Å². The summed E-state index contributed by atoms with van der Waals surface area (Å²) in [6.45, 7) is 0.102. The molecule has 1 rings (SSSR count). The van der Waals surface area contributed by atoms with Gasteiger partial charge < -0.3 is 4.90 Å². The van der Waals surface area contributed by atoms with Crippen LogP contribution < -0.4 is 10.1 Å². The molecule has 0 saturated heterocycles. The molecule has 9 heteroatoms. The average molecular weight is 330 g/mol. The standard InChI is InChI=1S/C13H19FN4O3S/c1-18(2)10-15-17-13(19)4-3-9-16-22(20,21)12-7-5-11(14)6-8-12/h5-8,10,16H,3-4,9H2,1-2H3,(H,17,19)/b15-10+. The van der Waals surface area contributed by atoms with Crippen LogP contribution in [0.5, 0.6) is 0 Å². The van der Waals surface area contributed by atoms with Crippen molar-refractivity contribution in [3.8, 4) is 0 Å². The van der Waals surface area contributed by atoms with Crippen LogP contribution in [0.4, 0.5) is 4.39 Å². The van der Waals surface area contributed by atoms with E-state index in [1.54, 1.807) is 19.0 Å². The number of amides is 1. The summed E-state index contributed by atoms with van der Waals surface area (Å²) in [5, 5.41) is 3.68. The maximum absolute atomic E-state index is 12.7. The molecule has 0 atom stereocenters. The van der Waals surface area contributed by atoms with Crippen LogP contribution in [-0.4, -0.2) is 46.2 Å². The van der Waals surface area contributed by atoms with Crippen molar-refractivity contribution in [2.45, 2.75) is 17.7 Å².